The smallest absolute Gasteiger partial charge is 0.335 e. The maximum atomic E-state index is 13.0. The zero-order valence-corrected chi connectivity index (χ0v) is 19.8. The van der Waals surface area contributed by atoms with Crippen molar-refractivity contribution in [1.29, 1.82) is 0 Å². The molecule has 1 N–H and O–H groups in total. The number of amides is 1. The quantitative estimate of drug-likeness (QED) is 0.395. The topological polar surface area (TPSA) is 79.2 Å². The van der Waals surface area contributed by atoms with Crippen LogP contribution in [0.5, 0.6) is 5.75 Å². The van der Waals surface area contributed by atoms with Crippen molar-refractivity contribution in [2.45, 2.75) is 13.5 Å². The number of benzene rings is 3. The number of carboxylic acids is 1. The van der Waals surface area contributed by atoms with Gasteiger partial charge in [0.15, 0.2) is 5.17 Å². The molecule has 3 aromatic rings. The van der Waals surface area contributed by atoms with Crippen molar-refractivity contribution in [1.82, 2.24) is 4.90 Å². The molecule has 0 unspecified atom stereocenters. The SMILES string of the molecule is CCN1C(=O)C(=Cc2ccccc2OCc2ccc(Cl)cc2)SC1=Nc1cccc(C(=O)O)c1. The van der Waals surface area contributed by atoms with Crippen LogP contribution in [0, 0.1) is 0 Å². The van der Waals surface area contributed by atoms with Gasteiger partial charge >= 0.3 is 5.97 Å². The van der Waals surface area contributed by atoms with Crippen LogP contribution in [0.25, 0.3) is 6.08 Å². The van der Waals surface area contributed by atoms with Gasteiger partial charge in [-0.3, -0.25) is 9.69 Å². The van der Waals surface area contributed by atoms with Gasteiger partial charge in [-0.2, -0.15) is 0 Å². The molecule has 4 rings (SSSR count). The fraction of sp³-hybridized carbons (Fsp3) is 0.115. The molecule has 1 fully saturated rings. The van der Waals surface area contributed by atoms with Crippen LogP contribution in [0.4, 0.5) is 5.69 Å². The van der Waals surface area contributed by atoms with Crippen LogP contribution in [0.2, 0.25) is 5.02 Å². The Morgan fingerprint density at radius 1 is 1.12 bits per heavy atom. The molecular formula is C26H21ClN2O4S. The number of para-hydroxylation sites is 1. The number of aliphatic imine (C=N–C) groups is 1. The number of ether oxygens (including phenoxy) is 1. The number of likely N-dealkylation sites (N-methyl/N-ethyl adjacent to an activating group) is 1. The molecule has 0 spiro atoms. The van der Waals surface area contributed by atoms with E-state index in [9.17, 15) is 14.7 Å². The van der Waals surface area contributed by atoms with Crippen LogP contribution in [-0.2, 0) is 11.4 Å². The zero-order valence-electron chi connectivity index (χ0n) is 18.3. The van der Waals surface area contributed by atoms with Gasteiger partial charge in [0.25, 0.3) is 5.91 Å². The second-order valence-electron chi connectivity index (χ2n) is 7.36. The number of nitrogens with zero attached hydrogens (tertiary/aromatic N) is 2. The minimum atomic E-state index is -1.03. The van der Waals surface area contributed by atoms with Gasteiger partial charge in [0.05, 0.1) is 16.2 Å². The number of rotatable bonds is 7. The summed E-state index contributed by atoms with van der Waals surface area (Å²) in [6.45, 7) is 2.68. The summed E-state index contributed by atoms with van der Waals surface area (Å²) in [7, 11) is 0. The molecule has 0 radical (unpaired) electrons. The predicted octanol–water partition coefficient (Wildman–Crippen LogP) is 6.24. The first-order valence-corrected chi connectivity index (χ1v) is 11.7. The molecule has 1 aliphatic rings. The Hall–Kier alpha value is -3.55. The van der Waals surface area contributed by atoms with Crippen LogP contribution in [0.3, 0.4) is 0 Å². The number of halogens is 1. The summed E-state index contributed by atoms with van der Waals surface area (Å²) in [5, 5.41) is 10.4. The number of aromatic carboxylic acids is 1. The average Bonchev–Trinajstić information content (AvgIpc) is 3.13. The molecular weight excluding hydrogens is 472 g/mol. The van der Waals surface area contributed by atoms with Crippen molar-refractivity contribution in [2.75, 3.05) is 6.54 Å². The Kier molecular flexibility index (Phi) is 7.35. The Morgan fingerprint density at radius 2 is 1.88 bits per heavy atom. The highest BCUT2D eigenvalue weighted by atomic mass is 35.5. The van der Waals surface area contributed by atoms with Crippen LogP contribution in [0.15, 0.2) is 82.7 Å². The van der Waals surface area contributed by atoms with Gasteiger partial charge in [0, 0.05) is 17.1 Å². The molecule has 0 saturated carbocycles. The van der Waals surface area contributed by atoms with Gasteiger partial charge in [0.1, 0.15) is 12.4 Å². The molecule has 1 heterocycles. The van der Waals surface area contributed by atoms with Crippen LogP contribution >= 0.6 is 23.4 Å². The summed E-state index contributed by atoms with van der Waals surface area (Å²) in [4.78, 5) is 30.9. The maximum Gasteiger partial charge on any atom is 0.335 e. The van der Waals surface area contributed by atoms with Crippen LogP contribution in [0.1, 0.15) is 28.4 Å². The lowest BCUT2D eigenvalue weighted by Crippen LogP contribution is -2.28. The highest BCUT2D eigenvalue weighted by Gasteiger charge is 2.32. The van der Waals surface area contributed by atoms with Crippen molar-refractivity contribution in [2.24, 2.45) is 4.99 Å². The highest BCUT2D eigenvalue weighted by Crippen LogP contribution is 2.35. The number of amidine groups is 1. The summed E-state index contributed by atoms with van der Waals surface area (Å²) in [5.74, 6) is -0.533. The van der Waals surface area contributed by atoms with Crippen LogP contribution < -0.4 is 4.74 Å². The minimum Gasteiger partial charge on any atom is -0.488 e. The van der Waals surface area contributed by atoms with E-state index >= 15 is 0 Å². The molecule has 0 aliphatic carbocycles. The first kappa shape index (κ1) is 23.6. The van der Waals surface area contributed by atoms with E-state index in [1.165, 1.54) is 23.9 Å². The van der Waals surface area contributed by atoms with Crippen molar-refractivity contribution in [3.63, 3.8) is 0 Å². The van der Waals surface area contributed by atoms with E-state index in [0.717, 1.165) is 11.1 Å². The summed E-state index contributed by atoms with van der Waals surface area (Å²) in [6, 6.07) is 21.3. The van der Waals surface area contributed by atoms with Crippen molar-refractivity contribution >= 4 is 52.2 Å². The monoisotopic (exact) mass is 492 g/mol. The second-order valence-corrected chi connectivity index (χ2v) is 8.81. The van der Waals surface area contributed by atoms with E-state index in [2.05, 4.69) is 4.99 Å². The molecule has 6 nitrogen and oxygen atoms in total. The molecule has 0 atom stereocenters. The number of hydrogen-bond acceptors (Lipinski definition) is 5. The molecule has 34 heavy (non-hydrogen) atoms. The fourth-order valence-corrected chi connectivity index (χ4v) is 4.48. The molecule has 8 heteroatoms. The Morgan fingerprint density at radius 3 is 2.62 bits per heavy atom. The van der Waals surface area contributed by atoms with Gasteiger partial charge in [0.2, 0.25) is 0 Å². The van der Waals surface area contributed by atoms with E-state index in [-0.39, 0.29) is 11.5 Å². The van der Waals surface area contributed by atoms with E-state index in [1.807, 2.05) is 55.5 Å². The number of hydrogen-bond donors (Lipinski definition) is 1. The normalized spacial score (nSPS) is 15.8. The first-order chi connectivity index (χ1) is 16.4. The third-order valence-corrected chi connectivity index (χ3v) is 6.29. The highest BCUT2D eigenvalue weighted by molar-refractivity contribution is 8.18. The second kappa shape index (κ2) is 10.6. The summed E-state index contributed by atoms with van der Waals surface area (Å²) >= 11 is 7.20. The van der Waals surface area contributed by atoms with E-state index in [0.29, 0.717) is 39.7 Å². The third-order valence-electron chi connectivity index (χ3n) is 5.04. The molecule has 0 aromatic heterocycles. The zero-order chi connectivity index (χ0) is 24.1. The largest absolute Gasteiger partial charge is 0.488 e. The standard InChI is InChI=1S/C26H21ClN2O4S/c1-2-29-24(30)23(34-26(29)28-21-8-5-7-19(14-21)25(31)32)15-18-6-3-4-9-22(18)33-16-17-10-12-20(27)13-11-17/h3-15H,2,16H2,1H3,(H,31,32). The fourth-order valence-electron chi connectivity index (χ4n) is 3.30. The van der Waals surface area contributed by atoms with Crippen LogP contribution in [-0.4, -0.2) is 33.6 Å². The van der Waals surface area contributed by atoms with Crippen molar-refractivity contribution in [3.05, 3.63) is 99.4 Å². The average molecular weight is 493 g/mol. The number of thioether (sulfide) groups is 1. The lowest BCUT2D eigenvalue weighted by molar-refractivity contribution is -0.122. The van der Waals surface area contributed by atoms with Gasteiger partial charge in [-0.05, 0) is 66.7 Å². The van der Waals surface area contributed by atoms with E-state index in [1.54, 1.807) is 23.1 Å². The van der Waals surface area contributed by atoms with Crippen molar-refractivity contribution < 1.29 is 19.4 Å². The van der Waals surface area contributed by atoms with Gasteiger partial charge in [-0.15, -0.1) is 0 Å². The van der Waals surface area contributed by atoms with Gasteiger partial charge < -0.3 is 9.84 Å². The summed E-state index contributed by atoms with van der Waals surface area (Å²) < 4.78 is 6.01. The Labute approximate surface area is 206 Å². The lowest BCUT2D eigenvalue weighted by Gasteiger charge is -2.12. The summed E-state index contributed by atoms with van der Waals surface area (Å²) in [5.41, 5.74) is 2.37. The number of carbonyl (C=O) groups is 2. The molecule has 1 aliphatic heterocycles. The molecule has 1 amide bonds. The number of carboxylic acid groups (broad SMARTS) is 1. The van der Waals surface area contributed by atoms with Gasteiger partial charge in [-0.1, -0.05) is 48.0 Å². The number of carbonyl (C=O) groups excluding carboxylic acids is 1. The first-order valence-electron chi connectivity index (χ1n) is 10.5. The molecule has 0 bridgehead atoms. The minimum absolute atomic E-state index is 0.141. The predicted molar refractivity (Wildman–Crippen MR) is 136 cm³/mol. The van der Waals surface area contributed by atoms with E-state index in [4.69, 9.17) is 16.3 Å². The third kappa shape index (κ3) is 5.50. The lowest BCUT2D eigenvalue weighted by atomic mass is 10.1. The van der Waals surface area contributed by atoms with E-state index < -0.39 is 5.97 Å². The molecule has 172 valence electrons. The molecule has 1 saturated heterocycles. The van der Waals surface area contributed by atoms with Gasteiger partial charge in [-0.25, -0.2) is 9.79 Å². The van der Waals surface area contributed by atoms with Crippen molar-refractivity contribution in [3.8, 4) is 5.75 Å². The Bertz CT molecular complexity index is 1290. The molecule has 3 aromatic carbocycles. The summed E-state index contributed by atoms with van der Waals surface area (Å²) in [6.07, 6.45) is 1.79. The Balaban J connectivity index is 1.58. The maximum absolute atomic E-state index is 13.0.